The van der Waals surface area contributed by atoms with Gasteiger partial charge in [0.05, 0.1) is 36.6 Å². The summed E-state index contributed by atoms with van der Waals surface area (Å²) in [5.74, 6) is 0.613. The maximum Gasteiger partial charge on any atom is 0.165 e. The molecule has 0 bridgehead atoms. The van der Waals surface area contributed by atoms with E-state index < -0.39 is 5.92 Å². The summed E-state index contributed by atoms with van der Waals surface area (Å²) in [6, 6.07) is 15.3. The summed E-state index contributed by atoms with van der Waals surface area (Å²) < 4.78 is 5.14. The highest BCUT2D eigenvalue weighted by Gasteiger charge is 2.15. The zero-order valence-electron chi connectivity index (χ0n) is 12.1. The smallest absolute Gasteiger partial charge is 0.165 e. The van der Waals surface area contributed by atoms with Crippen LogP contribution in [0.5, 0.6) is 0 Å². The second-order valence-corrected chi connectivity index (χ2v) is 4.69. The molecule has 3 rings (SSSR count). The lowest BCUT2D eigenvalue weighted by molar-refractivity contribution is 0.560. The van der Waals surface area contributed by atoms with E-state index in [1.54, 1.807) is 30.8 Å². The van der Waals surface area contributed by atoms with Crippen LogP contribution in [-0.2, 0) is 0 Å². The van der Waals surface area contributed by atoms with E-state index in [0.717, 1.165) is 5.56 Å². The third-order valence-corrected chi connectivity index (χ3v) is 3.13. The Morgan fingerprint density at radius 3 is 2.78 bits per heavy atom. The number of nitrogens with zero attached hydrogens (tertiary/aromatic N) is 4. The average molecular weight is 303 g/mol. The van der Waals surface area contributed by atoms with Crippen molar-refractivity contribution < 1.29 is 4.42 Å². The van der Waals surface area contributed by atoms with Gasteiger partial charge in [0, 0.05) is 0 Å². The van der Waals surface area contributed by atoms with Crippen LogP contribution >= 0.6 is 0 Å². The summed E-state index contributed by atoms with van der Waals surface area (Å²) in [6.45, 7) is 0. The van der Waals surface area contributed by atoms with Crippen LogP contribution in [0.1, 0.15) is 22.9 Å². The van der Waals surface area contributed by atoms with E-state index in [9.17, 15) is 5.26 Å². The van der Waals surface area contributed by atoms with Crippen LogP contribution < -0.4 is 5.43 Å². The van der Waals surface area contributed by atoms with Crippen LogP contribution in [0.2, 0.25) is 0 Å². The molecule has 0 spiro atoms. The van der Waals surface area contributed by atoms with E-state index in [1.807, 2.05) is 30.3 Å². The van der Waals surface area contributed by atoms with Gasteiger partial charge >= 0.3 is 0 Å². The number of furan rings is 1. The minimum atomic E-state index is -0.473. The van der Waals surface area contributed by atoms with Crippen molar-refractivity contribution in [2.75, 3.05) is 5.43 Å². The molecule has 6 nitrogen and oxygen atoms in total. The van der Waals surface area contributed by atoms with Crippen molar-refractivity contribution in [3.8, 4) is 6.07 Å². The molecule has 0 saturated heterocycles. The minimum absolute atomic E-state index is 0.460. The Hall–Kier alpha value is -3.46. The molecule has 1 aromatic carbocycles. The highest BCUT2D eigenvalue weighted by Crippen LogP contribution is 2.22. The fraction of sp³-hybridized carbons (Fsp3) is 0.0588. The van der Waals surface area contributed by atoms with E-state index in [2.05, 4.69) is 26.6 Å². The number of nitrogens with one attached hydrogen (secondary N) is 1. The Morgan fingerprint density at radius 2 is 2.04 bits per heavy atom. The second kappa shape index (κ2) is 7.00. The lowest BCUT2D eigenvalue weighted by Gasteiger charge is -2.09. The Balaban J connectivity index is 1.78. The third-order valence-electron chi connectivity index (χ3n) is 3.13. The van der Waals surface area contributed by atoms with Gasteiger partial charge in [-0.3, -0.25) is 10.4 Å². The summed E-state index contributed by atoms with van der Waals surface area (Å²) in [5, 5.41) is 13.5. The van der Waals surface area contributed by atoms with E-state index in [0.29, 0.717) is 17.3 Å². The second-order valence-electron chi connectivity index (χ2n) is 4.69. The van der Waals surface area contributed by atoms with Crippen LogP contribution in [-0.4, -0.2) is 16.2 Å². The highest BCUT2D eigenvalue weighted by atomic mass is 16.3. The van der Waals surface area contributed by atoms with Gasteiger partial charge in [-0.05, 0) is 17.7 Å². The molecule has 0 aliphatic rings. The minimum Gasteiger partial charge on any atom is -0.463 e. The number of aromatic nitrogens is 2. The average Bonchev–Trinajstić information content (AvgIpc) is 3.10. The number of nitriles is 1. The molecule has 23 heavy (non-hydrogen) atoms. The van der Waals surface area contributed by atoms with Gasteiger partial charge in [0.1, 0.15) is 11.7 Å². The van der Waals surface area contributed by atoms with Crippen LogP contribution in [0.15, 0.2) is 70.6 Å². The first-order valence-corrected chi connectivity index (χ1v) is 6.96. The van der Waals surface area contributed by atoms with Crippen LogP contribution in [0.25, 0.3) is 0 Å². The molecule has 3 aromatic rings. The lowest BCUT2D eigenvalue weighted by atomic mass is 9.98. The quantitative estimate of drug-likeness (QED) is 0.578. The van der Waals surface area contributed by atoms with Crippen molar-refractivity contribution in [1.82, 2.24) is 9.97 Å². The molecule has 1 N–H and O–H groups in total. The Morgan fingerprint density at radius 1 is 1.17 bits per heavy atom. The highest BCUT2D eigenvalue weighted by molar-refractivity contribution is 5.76. The van der Waals surface area contributed by atoms with Gasteiger partial charge in [0.2, 0.25) is 0 Å². The third kappa shape index (κ3) is 3.60. The SMILES string of the molecule is N#CC(c1ccccc1)c1cncc(N/N=C/c2ccco2)n1. The van der Waals surface area contributed by atoms with Gasteiger partial charge in [0.25, 0.3) is 0 Å². The van der Waals surface area contributed by atoms with Gasteiger partial charge in [0.15, 0.2) is 5.82 Å². The summed E-state index contributed by atoms with van der Waals surface area (Å²) in [6.07, 6.45) is 6.23. The topological polar surface area (TPSA) is 87.1 Å². The van der Waals surface area contributed by atoms with Crippen molar-refractivity contribution in [3.05, 3.63) is 78.1 Å². The number of hydrazone groups is 1. The molecular weight excluding hydrogens is 290 g/mol. The largest absolute Gasteiger partial charge is 0.463 e. The Kier molecular flexibility index (Phi) is 4.41. The first kappa shape index (κ1) is 14.5. The normalized spacial score (nSPS) is 12.0. The van der Waals surface area contributed by atoms with E-state index in [4.69, 9.17) is 4.42 Å². The molecule has 112 valence electrons. The van der Waals surface area contributed by atoms with Gasteiger partial charge in [-0.1, -0.05) is 30.3 Å². The van der Waals surface area contributed by atoms with Gasteiger partial charge in [-0.25, -0.2) is 4.98 Å². The van der Waals surface area contributed by atoms with Gasteiger partial charge in [-0.15, -0.1) is 0 Å². The Bertz CT molecular complexity index is 822. The van der Waals surface area contributed by atoms with Gasteiger partial charge in [-0.2, -0.15) is 10.4 Å². The van der Waals surface area contributed by atoms with Crippen molar-refractivity contribution >= 4 is 12.0 Å². The number of hydrogen-bond donors (Lipinski definition) is 1. The lowest BCUT2D eigenvalue weighted by Crippen LogP contribution is -2.04. The molecule has 0 fully saturated rings. The maximum atomic E-state index is 9.44. The van der Waals surface area contributed by atoms with E-state index >= 15 is 0 Å². The Labute approximate surface area is 133 Å². The van der Waals surface area contributed by atoms with Crippen LogP contribution in [0.4, 0.5) is 5.82 Å². The molecule has 1 atom stereocenters. The van der Waals surface area contributed by atoms with E-state index in [1.165, 1.54) is 6.21 Å². The molecule has 2 heterocycles. The van der Waals surface area contributed by atoms with Crippen molar-refractivity contribution in [1.29, 1.82) is 5.26 Å². The van der Waals surface area contributed by atoms with Crippen molar-refractivity contribution in [2.24, 2.45) is 5.10 Å². The fourth-order valence-electron chi connectivity index (χ4n) is 2.06. The standard InChI is InChI=1S/C17H13N5O/c18-9-15(13-5-2-1-3-6-13)16-11-19-12-17(21-16)22-20-10-14-7-4-8-23-14/h1-8,10-12,15H,(H,21,22)/b20-10+. The molecular formula is C17H13N5O. The molecule has 0 aliphatic heterocycles. The summed E-state index contributed by atoms with van der Waals surface area (Å²) in [5.41, 5.74) is 4.22. The molecule has 1 unspecified atom stereocenters. The number of benzene rings is 1. The molecule has 0 saturated carbocycles. The van der Waals surface area contributed by atoms with Crippen LogP contribution in [0, 0.1) is 11.3 Å². The summed E-state index contributed by atoms with van der Waals surface area (Å²) >= 11 is 0. The number of hydrogen-bond acceptors (Lipinski definition) is 6. The van der Waals surface area contributed by atoms with E-state index in [-0.39, 0.29) is 0 Å². The predicted molar refractivity (Wildman–Crippen MR) is 85.9 cm³/mol. The monoisotopic (exact) mass is 303 g/mol. The van der Waals surface area contributed by atoms with Gasteiger partial charge < -0.3 is 4.42 Å². The van der Waals surface area contributed by atoms with Crippen molar-refractivity contribution in [2.45, 2.75) is 5.92 Å². The molecule has 0 aliphatic carbocycles. The fourth-order valence-corrected chi connectivity index (χ4v) is 2.06. The zero-order chi connectivity index (χ0) is 15.9. The first-order chi connectivity index (χ1) is 11.4. The zero-order valence-corrected chi connectivity index (χ0v) is 12.1. The number of anilines is 1. The first-order valence-electron chi connectivity index (χ1n) is 6.96. The molecule has 0 amide bonds. The molecule has 2 aromatic heterocycles. The van der Waals surface area contributed by atoms with Crippen molar-refractivity contribution in [3.63, 3.8) is 0 Å². The maximum absolute atomic E-state index is 9.44. The summed E-state index contributed by atoms with van der Waals surface area (Å²) in [7, 11) is 0. The summed E-state index contributed by atoms with van der Waals surface area (Å²) in [4.78, 5) is 8.52. The van der Waals surface area contributed by atoms with Crippen LogP contribution in [0.3, 0.4) is 0 Å². The predicted octanol–water partition coefficient (Wildman–Crippen LogP) is 3.17. The number of rotatable bonds is 5. The molecule has 0 radical (unpaired) electrons. The molecule has 6 heteroatoms.